The van der Waals surface area contributed by atoms with Gasteiger partial charge < -0.3 is 16.4 Å². The summed E-state index contributed by atoms with van der Waals surface area (Å²) < 4.78 is 0. The third-order valence-electron chi connectivity index (χ3n) is 2.24. The summed E-state index contributed by atoms with van der Waals surface area (Å²) in [5.74, 6) is -1.04. The van der Waals surface area contributed by atoms with Crippen molar-refractivity contribution < 1.29 is 9.59 Å². The number of anilines is 1. The largest absolute Gasteiger partial charge is 0.368 e. The number of hydrogen-bond acceptors (Lipinski definition) is 5. The van der Waals surface area contributed by atoms with E-state index >= 15 is 0 Å². The molecule has 1 aromatic rings. The standard InChI is InChI=1S/C11H13N5O2/c1-7-2-3-15-11(8(7)4-12)16(5-9(13)17)6-10(14)18/h2-3H,5-6H2,1H3,(H2,13,17)(H2,14,18). The van der Waals surface area contributed by atoms with E-state index in [1.807, 2.05) is 6.07 Å². The van der Waals surface area contributed by atoms with Gasteiger partial charge in [0.15, 0.2) is 0 Å². The molecular formula is C11H13N5O2. The smallest absolute Gasteiger partial charge is 0.237 e. The Kier molecular flexibility index (Phi) is 4.21. The molecular weight excluding hydrogens is 234 g/mol. The molecule has 0 unspecified atom stereocenters. The van der Waals surface area contributed by atoms with Gasteiger partial charge in [0, 0.05) is 6.20 Å². The van der Waals surface area contributed by atoms with Crippen molar-refractivity contribution in [1.29, 1.82) is 5.26 Å². The Bertz CT molecular complexity index is 505. The van der Waals surface area contributed by atoms with Crippen molar-refractivity contribution in [2.75, 3.05) is 18.0 Å². The Balaban J connectivity index is 3.20. The van der Waals surface area contributed by atoms with Crippen LogP contribution in [0.5, 0.6) is 0 Å². The Morgan fingerprint density at radius 2 is 1.94 bits per heavy atom. The summed E-state index contributed by atoms with van der Waals surface area (Å²) in [7, 11) is 0. The lowest BCUT2D eigenvalue weighted by molar-refractivity contribution is -0.117. The Morgan fingerprint density at radius 3 is 2.39 bits per heavy atom. The number of nitriles is 1. The number of primary amides is 2. The number of carbonyl (C=O) groups is 2. The summed E-state index contributed by atoms with van der Waals surface area (Å²) in [6.45, 7) is 1.28. The lowest BCUT2D eigenvalue weighted by Gasteiger charge is -2.21. The molecule has 0 bridgehead atoms. The van der Waals surface area contributed by atoms with E-state index in [9.17, 15) is 9.59 Å². The molecule has 1 rings (SSSR count). The molecule has 0 aromatic carbocycles. The highest BCUT2D eigenvalue weighted by Gasteiger charge is 2.18. The third-order valence-corrected chi connectivity index (χ3v) is 2.24. The van der Waals surface area contributed by atoms with Crippen LogP contribution in [-0.4, -0.2) is 29.9 Å². The van der Waals surface area contributed by atoms with E-state index in [4.69, 9.17) is 16.7 Å². The number of hydrogen-bond donors (Lipinski definition) is 2. The van der Waals surface area contributed by atoms with Crippen molar-refractivity contribution in [3.63, 3.8) is 0 Å². The van der Waals surface area contributed by atoms with Crippen LogP contribution in [-0.2, 0) is 9.59 Å². The van der Waals surface area contributed by atoms with Crippen LogP contribution in [0, 0.1) is 18.3 Å². The maximum atomic E-state index is 11.0. The van der Waals surface area contributed by atoms with Crippen LogP contribution in [0.25, 0.3) is 0 Å². The molecule has 0 saturated carbocycles. The number of nitrogens with two attached hydrogens (primary N) is 2. The molecule has 0 aliphatic heterocycles. The Morgan fingerprint density at radius 1 is 1.39 bits per heavy atom. The van der Waals surface area contributed by atoms with Gasteiger partial charge in [0.05, 0.1) is 18.7 Å². The molecule has 0 aliphatic carbocycles. The van der Waals surface area contributed by atoms with E-state index in [2.05, 4.69) is 4.98 Å². The van der Waals surface area contributed by atoms with E-state index in [1.165, 1.54) is 11.1 Å². The van der Waals surface area contributed by atoms with Crippen LogP contribution in [0.1, 0.15) is 11.1 Å². The lowest BCUT2D eigenvalue weighted by Crippen LogP contribution is -2.40. The van der Waals surface area contributed by atoms with Crippen LogP contribution in [0.3, 0.4) is 0 Å². The minimum atomic E-state index is -0.636. The number of pyridine rings is 1. The van der Waals surface area contributed by atoms with Crippen LogP contribution in [0.4, 0.5) is 5.82 Å². The minimum absolute atomic E-state index is 0.228. The Labute approximate surface area is 104 Å². The minimum Gasteiger partial charge on any atom is -0.368 e. The normalized spacial score (nSPS) is 9.56. The molecule has 7 heteroatoms. The van der Waals surface area contributed by atoms with Crippen molar-refractivity contribution in [2.24, 2.45) is 11.5 Å². The zero-order valence-corrected chi connectivity index (χ0v) is 9.88. The van der Waals surface area contributed by atoms with Crippen molar-refractivity contribution in [3.05, 3.63) is 23.4 Å². The van der Waals surface area contributed by atoms with Crippen molar-refractivity contribution in [2.45, 2.75) is 6.92 Å². The van der Waals surface area contributed by atoms with Crippen LogP contribution < -0.4 is 16.4 Å². The van der Waals surface area contributed by atoms with Gasteiger partial charge in [-0.15, -0.1) is 0 Å². The zero-order valence-electron chi connectivity index (χ0n) is 9.88. The first-order valence-electron chi connectivity index (χ1n) is 5.13. The van der Waals surface area contributed by atoms with Crippen LogP contribution in [0.15, 0.2) is 12.3 Å². The number of amides is 2. The van der Waals surface area contributed by atoms with E-state index < -0.39 is 11.8 Å². The van der Waals surface area contributed by atoms with E-state index in [-0.39, 0.29) is 18.9 Å². The first-order chi connectivity index (χ1) is 8.45. The molecule has 0 atom stereocenters. The summed E-state index contributed by atoms with van der Waals surface area (Å²) in [5, 5.41) is 9.07. The van der Waals surface area contributed by atoms with E-state index in [0.717, 1.165) is 0 Å². The zero-order chi connectivity index (χ0) is 13.7. The first-order valence-corrected chi connectivity index (χ1v) is 5.13. The van der Waals surface area contributed by atoms with Gasteiger partial charge >= 0.3 is 0 Å². The molecule has 0 fully saturated rings. The third kappa shape index (κ3) is 3.18. The highest BCUT2D eigenvalue weighted by molar-refractivity contribution is 5.85. The molecule has 0 aliphatic rings. The van der Waals surface area contributed by atoms with Gasteiger partial charge in [-0.3, -0.25) is 9.59 Å². The highest BCUT2D eigenvalue weighted by atomic mass is 16.2. The second-order valence-electron chi connectivity index (χ2n) is 3.73. The lowest BCUT2D eigenvalue weighted by atomic mass is 10.1. The maximum absolute atomic E-state index is 11.0. The predicted molar refractivity (Wildman–Crippen MR) is 64.3 cm³/mol. The maximum Gasteiger partial charge on any atom is 0.237 e. The van der Waals surface area contributed by atoms with Crippen LogP contribution in [0.2, 0.25) is 0 Å². The van der Waals surface area contributed by atoms with Gasteiger partial charge in [0.1, 0.15) is 11.9 Å². The fraction of sp³-hybridized carbons (Fsp3) is 0.273. The fourth-order valence-corrected chi connectivity index (χ4v) is 1.50. The summed E-state index contributed by atoms with van der Waals surface area (Å²) >= 11 is 0. The molecule has 7 nitrogen and oxygen atoms in total. The highest BCUT2D eigenvalue weighted by Crippen LogP contribution is 2.19. The molecule has 0 saturated heterocycles. The van der Waals surface area contributed by atoms with Crippen molar-refractivity contribution in [1.82, 2.24) is 4.98 Å². The first kappa shape index (κ1) is 13.4. The second-order valence-corrected chi connectivity index (χ2v) is 3.73. The number of aryl methyl sites for hydroxylation is 1. The van der Waals surface area contributed by atoms with Crippen molar-refractivity contribution in [3.8, 4) is 6.07 Å². The van der Waals surface area contributed by atoms with E-state index in [0.29, 0.717) is 11.1 Å². The van der Waals surface area contributed by atoms with Gasteiger partial charge in [-0.1, -0.05) is 0 Å². The second kappa shape index (κ2) is 5.63. The van der Waals surface area contributed by atoms with Crippen LogP contribution >= 0.6 is 0 Å². The van der Waals surface area contributed by atoms with Gasteiger partial charge in [-0.2, -0.15) is 5.26 Å². The molecule has 18 heavy (non-hydrogen) atoms. The van der Waals surface area contributed by atoms with Gasteiger partial charge in [0.25, 0.3) is 0 Å². The summed E-state index contributed by atoms with van der Waals surface area (Å²) in [6.07, 6.45) is 1.49. The van der Waals surface area contributed by atoms with Gasteiger partial charge in [-0.25, -0.2) is 4.98 Å². The topological polar surface area (TPSA) is 126 Å². The summed E-state index contributed by atoms with van der Waals surface area (Å²) in [5.41, 5.74) is 11.2. The molecule has 4 N–H and O–H groups in total. The Hall–Kier alpha value is -2.62. The van der Waals surface area contributed by atoms with E-state index in [1.54, 1.807) is 13.0 Å². The van der Waals surface area contributed by atoms with Crippen molar-refractivity contribution >= 4 is 17.6 Å². The summed E-state index contributed by atoms with van der Waals surface area (Å²) in [6, 6.07) is 3.64. The quantitative estimate of drug-likeness (QED) is 0.692. The average Bonchev–Trinajstić information content (AvgIpc) is 2.26. The number of nitrogens with zero attached hydrogens (tertiary/aromatic N) is 3. The molecule has 0 spiro atoms. The monoisotopic (exact) mass is 247 g/mol. The number of carbonyl (C=O) groups excluding carboxylic acids is 2. The molecule has 94 valence electrons. The SMILES string of the molecule is Cc1ccnc(N(CC(N)=O)CC(N)=O)c1C#N. The molecule has 0 radical (unpaired) electrons. The van der Waals surface area contributed by atoms with Gasteiger partial charge in [-0.05, 0) is 18.6 Å². The van der Waals surface area contributed by atoms with Gasteiger partial charge in [0.2, 0.25) is 11.8 Å². The average molecular weight is 247 g/mol. The number of aromatic nitrogens is 1. The summed E-state index contributed by atoms with van der Waals surface area (Å²) in [4.78, 5) is 27.2. The molecule has 2 amide bonds. The fourth-order valence-electron chi connectivity index (χ4n) is 1.50. The molecule has 1 heterocycles. The molecule has 1 aromatic heterocycles. The number of rotatable bonds is 5. The predicted octanol–water partition coefficient (Wildman–Crippen LogP) is -0.961.